The van der Waals surface area contributed by atoms with E-state index < -0.39 is 9.84 Å². The van der Waals surface area contributed by atoms with Crippen LogP contribution < -0.4 is 5.56 Å². The number of fused-ring (bicyclic) bond motifs is 1. The minimum absolute atomic E-state index is 0.237. The summed E-state index contributed by atoms with van der Waals surface area (Å²) in [4.78, 5) is 23.4. The molecular weight excluding hydrogens is 322 g/mol. The number of sulfone groups is 1. The Hall–Kier alpha value is -1.51. The van der Waals surface area contributed by atoms with Crippen LogP contribution >= 0.6 is 11.3 Å². The Labute approximate surface area is 132 Å². The number of H-pyrrole nitrogens is 1. The molecule has 0 spiro atoms. The maximum Gasteiger partial charge on any atom is 0.256 e. The van der Waals surface area contributed by atoms with Gasteiger partial charge in [-0.25, -0.2) is 13.4 Å². The van der Waals surface area contributed by atoms with Crippen molar-refractivity contribution in [1.82, 2.24) is 14.9 Å². The summed E-state index contributed by atoms with van der Waals surface area (Å²) in [5.41, 5.74) is 0.826. The average molecular weight is 339 g/mol. The molecule has 0 saturated carbocycles. The predicted octanol–water partition coefficient (Wildman–Crippen LogP) is 1.10. The number of rotatable bonds is 3. The van der Waals surface area contributed by atoms with Gasteiger partial charge in [-0.2, -0.15) is 0 Å². The lowest BCUT2D eigenvalue weighted by Crippen LogP contribution is -2.35. The topological polar surface area (TPSA) is 83.1 Å². The van der Waals surface area contributed by atoms with Gasteiger partial charge >= 0.3 is 0 Å². The lowest BCUT2D eigenvalue weighted by Gasteiger charge is -2.27. The normalized spacial score (nSPS) is 15.7. The van der Waals surface area contributed by atoms with Gasteiger partial charge in [0.15, 0.2) is 0 Å². The molecule has 0 aliphatic carbocycles. The van der Waals surface area contributed by atoms with Crippen molar-refractivity contribution in [2.75, 3.05) is 12.8 Å². The Morgan fingerprint density at radius 3 is 2.82 bits per heavy atom. The van der Waals surface area contributed by atoms with Gasteiger partial charge in [-0.1, -0.05) is 0 Å². The second-order valence-electron chi connectivity index (χ2n) is 5.54. The number of nitrogens with zero attached hydrogens (tertiary/aromatic N) is 2. The number of aromatic nitrogens is 2. The molecule has 118 valence electrons. The molecule has 3 heterocycles. The number of aryl methyl sites for hydroxylation is 1. The summed E-state index contributed by atoms with van der Waals surface area (Å²) >= 11 is 1.75. The number of hydrogen-bond donors (Lipinski definition) is 1. The minimum Gasteiger partial charge on any atom is -0.297 e. The van der Waals surface area contributed by atoms with Crippen LogP contribution in [0.3, 0.4) is 0 Å². The molecule has 22 heavy (non-hydrogen) atoms. The van der Waals surface area contributed by atoms with Crippen molar-refractivity contribution in [3.05, 3.63) is 43.5 Å². The number of nitrogens with one attached hydrogen (secondary N) is 1. The summed E-state index contributed by atoms with van der Waals surface area (Å²) in [6.45, 7) is 4.13. The first-order chi connectivity index (χ1) is 10.3. The summed E-state index contributed by atoms with van der Waals surface area (Å²) in [5, 5.41) is -0.237. The van der Waals surface area contributed by atoms with Gasteiger partial charge in [0.2, 0.25) is 15.0 Å². The van der Waals surface area contributed by atoms with Gasteiger partial charge in [0.1, 0.15) is 0 Å². The molecule has 1 N–H and O–H groups in total. The van der Waals surface area contributed by atoms with Crippen molar-refractivity contribution in [3.63, 3.8) is 0 Å². The van der Waals surface area contributed by atoms with Crippen molar-refractivity contribution in [2.45, 2.75) is 31.6 Å². The SMILES string of the molecule is Cc1ccc(CN2CCc3nc(S(C)(=O)=O)[nH]c(=O)c3C2)s1. The Morgan fingerprint density at radius 2 is 2.18 bits per heavy atom. The number of thiophene rings is 1. The first kappa shape index (κ1) is 15.4. The summed E-state index contributed by atoms with van der Waals surface area (Å²) in [5.74, 6) is 0. The molecular formula is C14H17N3O3S2. The van der Waals surface area contributed by atoms with Gasteiger partial charge in [-0.05, 0) is 19.1 Å². The summed E-state index contributed by atoms with van der Waals surface area (Å²) in [6.07, 6.45) is 1.64. The molecule has 1 aliphatic rings. The van der Waals surface area contributed by atoms with Crippen molar-refractivity contribution in [2.24, 2.45) is 0 Å². The van der Waals surface area contributed by atoms with E-state index in [0.717, 1.165) is 19.3 Å². The van der Waals surface area contributed by atoms with Crippen LogP contribution in [0.25, 0.3) is 0 Å². The zero-order valence-electron chi connectivity index (χ0n) is 12.4. The third kappa shape index (κ3) is 3.13. The Bertz CT molecular complexity index is 868. The lowest BCUT2D eigenvalue weighted by atomic mass is 10.1. The molecule has 2 aromatic heterocycles. The van der Waals surface area contributed by atoms with Gasteiger partial charge in [0.25, 0.3) is 5.56 Å². The minimum atomic E-state index is -3.50. The van der Waals surface area contributed by atoms with E-state index in [2.05, 4.69) is 33.9 Å². The standard InChI is InChI=1S/C14H17N3O3S2/c1-9-3-4-10(21-9)7-17-6-5-12-11(8-17)13(18)16-14(15-12)22(2,19)20/h3-4H,5-8H2,1-2H3,(H,15,16,18). The largest absolute Gasteiger partial charge is 0.297 e. The molecule has 1 aliphatic heterocycles. The van der Waals surface area contributed by atoms with E-state index in [1.54, 1.807) is 11.3 Å². The molecule has 3 rings (SSSR count). The smallest absolute Gasteiger partial charge is 0.256 e. The van der Waals surface area contributed by atoms with E-state index in [1.165, 1.54) is 9.75 Å². The number of hydrogen-bond acceptors (Lipinski definition) is 6. The monoisotopic (exact) mass is 339 g/mol. The molecule has 0 unspecified atom stereocenters. The predicted molar refractivity (Wildman–Crippen MR) is 84.8 cm³/mol. The van der Waals surface area contributed by atoms with Gasteiger partial charge < -0.3 is 0 Å². The van der Waals surface area contributed by atoms with Gasteiger partial charge in [-0.15, -0.1) is 11.3 Å². The van der Waals surface area contributed by atoms with Crippen molar-refractivity contribution >= 4 is 21.2 Å². The fourth-order valence-corrected chi connectivity index (χ4v) is 4.05. The van der Waals surface area contributed by atoms with E-state index in [1.807, 2.05) is 0 Å². The quantitative estimate of drug-likeness (QED) is 0.847. The fraction of sp³-hybridized carbons (Fsp3) is 0.429. The maximum absolute atomic E-state index is 12.1. The van der Waals surface area contributed by atoms with Crippen molar-refractivity contribution in [3.8, 4) is 0 Å². The Morgan fingerprint density at radius 1 is 1.41 bits per heavy atom. The van der Waals surface area contributed by atoms with E-state index in [0.29, 0.717) is 24.2 Å². The number of aromatic amines is 1. The van der Waals surface area contributed by atoms with Crippen LogP contribution in [0.1, 0.15) is 21.0 Å². The molecule has 0 fully saturated rings. The van der Waals surface area contributed by atoms with Crippen LogP contribution in [0.5, 0.6) is 0 Å². The summed E-state index contributed by atoms with van der Waals surface area (Å²) < 4.78 is 23.1. The highest BCUT2D eigenvalue weighted by atomic mass is 32.2. The Kier molecular flexibility index (Phi) is 3.92. The second kappa shape index (κ2) is 5.60. The van der Waals surface area contributed by atoms with Crippen molar-refractivity contribution < 1.29 is 8.42 Å². The highest BCUT2D eigenvalue weighted by molar-refractivity contribution is 7.90. The molecule has 0 amide bonds. The Balaban J connectivity index is 1.86. The van der Waals surface area contributed by atoms with Crippen LogP contribution in [-0.4, -0.2) is 36.1 Å². The molecule has 0 saturated heterocycles. The summed E-state index contributed by atoms with van der Waals surface area (Å²) in [6, 6.07) is 4.19. The first-order valence-electron chi connectivity index (χ1n) is 6.93. The van der Waals surface area contributed by atoms with Crippen LogP contribution in [0.2, 0.25) is 0 Å². The molecule has 0 atom stereocenters. The van der Waals surface area contributed by atoms with Crippen LogP contribution in [-0.2, 0) is 29.3 Å². The maximum atomic E-state index is 12.1. The van der Waals surface area contributed by atoms with E-state index in [4.69, 9.17) is 0 Å². The van der Waals surface area contributed by atoms with Crippen LogP contribution in [0.4, 0.5) is 0 Å². The lowest BCUT2D eigenvalue weighted by molar-refractivity contribution is 0.243. The highest BCUT2D eigenvalue weighted by Gasteiger charge is 2.23. The molecule has 0 aromatic carbocycles. The third-order valence-corrected chi connectivity index (χ3v) is 5.53. The van der Waals surface area contributed by atoms with Gasteiger partial charge in [0, 0.05) is 42.1 Å². The van der Waals surface area contributed by atoms with Crippen LogP contribution in [0, 0.1) is 6.92 Å². The fourth-order valence-electron chi connectivity index (χ4n) is 2.56. The third-order valence-electron chi connectivity index (χ3n) is 3.65. The molecule has 0 radical (unpaired) electrons. The molecule has 8 heteroatoms. The van der Waals surface area contributed by atoms with E-state index >= 15 is 0 Å². The molecule has 6 nitrogen and oxygen atoms in total. The average Bonchev–Trinajstić information content (AvgIpc) is 2.83. The van der Waals surface area contributed by atoms with E-state index in [9.17, 15) is 13.2 Å². The second-order valence-corrected chi connectivity index (χ2v) is 8.84. The van der Waals surface area contributed by atoms with Crippen molar-refractivity contribution in [1.29, 1.82) is 0 Å². The van der Waals surface area contributed by atoms with Gasteiger partial charge in [-0.3, -0.25) is 14.7 Å². The first-order valence-corrected chi connectivity index (χ1v) is 9.63. The highest BCUT2D eigenvalue weighted by Crippen LogP contribution is 2.21. The zero-order valence-corrected chi connectivity index (χ0v) is 14.1. The zero-order chi connectivity index (χ0) is 15.9. The summed E-state index contributed by atoms with van der Waals surface area (Å²) in [7, 11) is -3.50. The van der Waals surface area contributed by atoms with Gasteiger partial charge in [0.05, 0.1) is 11.3 Å². The molecule has 0 bridgehead atoms. The van der Waals surface area contributed by atoms with Crippen LogP contribution in [0.15, 0.2) is 22.1 Å². The van der Waals surface area contributed by atoms with E-state index in [-0.39, 0.29) is 10.7 Å². The molecule has 2 aromatic rings.